The normalized spacial score (nSPS) is 11.3. The minimum atomic E-state index is -0.125. The van der Waals surface area contributed by atoms with E-state index in [0.717, 1.165) is 17.2 Å². The molecule has 0 fully saturated rings. The van der Waals surface area contributed by atoms with Gasteiger partial charge in [0.15, 0.2) is 5.17 Å². The van der Waals surface area contributed by atoms with Crippen molar-refractivity contribution in [3.63, 3.8) is 0 Å². The fraction of sp³-hybridized carbons (Fsp3) is 0.235. The molecule has 1 aromatic carbocycles. The van der Waals surface area contributed by atoms with Gasteiger partial charge in [-0.3, -0.25) is 14.8 Å². The second-order valence-electron chi connectivity index (χ2n) is 4.58. The summed E-state index contributed by atoms with van der Waals surface area (Å²) in [6.45, 7) is 0.669. The van der Waals surface area contributed by atoms with Gasteiger partial charge in [0.05, 0.1) is 12.2 Å². The zero-order chi connectivity index (χ0) is 16.3. The lowest BCUT2D eigenvalue weighted by Gasteiger charge is -2.06. The van der Waals surface area contributed by atoms with Crippen LogP contribution in [0.1, 0.15) is 16.1 Å². The highest BCUT2D eigenvalue weighted by atomic mass is 32.2. The van der Waals surface area contributed by atoms with Crippen molar-refractivity contribution in [2.24, 2.45) is 4.99 Å². The van der Waals surface area contributed by atoms with Gasteiger partial charge in [-0.05, 0) is 30.5 Å². The summed E-state index contributed by atoms with van der Waals surface area (Å²) in [5, 5.41) is 3.49. The van der Waals surface area contributed by atoms with Crippen molar-refractivity contribution in [2.45, 2.75) is 5.75 Å². The number of nitrogens with one attached hydrogen (secondary N) is 1. The molecule has 1 amide bonds. The van der Waals surface area contributed by atoms with Crippen LogP contribution in [0.5, 0.6) is 0 Å². The number of pyridine rings is 1. The van der Waals surface area contributed by atoms with Crippen molar-refractivity contribution in [3.05, 3.63) is 66.0 Å². The quantitative estimate of drug-likeness (QED) is 0.495. The zero-order valence-corrected chi connectivity index (χ0v) is 14.6. The van der Waals surface area contributed by atoms with E-state index >= 15 is 0 Å². The minimum absolute atomic E-state index is 0.125. The molecule has 0 radical (unpaired) electrons. The van der Waals surface area contributed by atoms with Crippen molar-refractivity contribution in [1.82, 2.24) is 10.3 Å². The highest BCUT2D eigenvalue weighted by molar-refractivity contribution is 8.13. The van der Waals surface area contributed by atoms with Gasteiger partial charge in [0.25, 0.3) is 5.91 Å². The topological polar surface area (TPSA) is 54.4 Å². The van der Waals surface area contributed by atoms with E-state index < -0.39 is 0 Å². The second-order valence-corrected chi connectivity index (χ2v) is 6.48. The third kappa shape index (κ3) is 6.46. The first kappa shape index (κ1) is 17.6. The van der Waals surface area contributed by atoms with Crippen LogP contribution in [0.3, 0.4) is 0 Å². The number of benzene rings is 1. The smallest absolute Gasteiger partial charge is 0.257 e. The number of hydrogen-bond donors (Lipinski definition) is 1. The standard InChI is InChI=1S/C17H19N3OS2/c1-22-17(20-16(21)14-7-3-2-4-8-14)19-11-12-23-13-15-9-5-6-10-18-15/h2-10H,11-13H2,1H3,(H,19,20,21). The SMILES string of the molecule is CSC(=NCCSCc1ccccn1)NC(=O)c1ccccc1. The Bertz CT molecular complexity index is 633. The molecule has 0 aliphatic heterocycles. The molecule has 0 atom stereocenters. The molecule has 120 valence electrons. The molecule has 0 unspecified atom stereocenters. The summed E-state index contributed by atoms with van der Waals surface area (Å²) in [5.74, 6) is 1.64. The lowest BCUT2D eigenvalue weighted by molar-refractivity contribution is 0.0978. The Morgan fingerprint density at radius 3 is 2.65 bits per heavy atom. The third-order valence-corrected chi connectivity index (χ3v) is 4.51. The van der Waals surface area contributed by atoms with Crippen molar-refractivity contribution in [1.29, 1.82) is 0 Å². The molecule has 1 N–H and O–H groups in total. The van der Waals surface area contributed by atoms with Gasteiger partial charge in [-0.1, -0.05) is 36.0 Å². The van der Waals surface area contributed by atoms with Crippen LogP contribution in [0.2, 0.25) is 0 Å². The van der Waals surface area contributed by atoms with Gasteiger partial charge in [-0.15, -0.1) is 0 Å². The monoisotopic (exact) mass is 345 g/mol. The number of carbonyl (C=O) groups excluding carboxylic acids is 1. The van der Waals surface area contributed by atoms with Crippen LogP contribution < -0.4 is 5.32 Å². The summed E-state index contributed by atoms with van der Waals surface area (Å²) in [6, 6.07) is 15.1. The van der Waals surface area contributed by atoms with Crippen LogP contribution in [0, 0.1) is 0 Å². The first-order chi connectivity index (χ1) is 11.3. The molecule has 1 heterocycles. The Morgan fingerprint density at radius 1 is 1.17 bits per heavy atom. The summed E-state index contributed by atoms with van der Waals surface area (Å²) < 4.78 is 0. The Kier molecular flexibility index (Phi) is 7.69. The number of carbonyl (C=O) groups is 1. The van der Waals surface area contributed by atoms with Crippen molar-refractivity contribution in [3.8, 4) is 0 Å². The highest BCUT2D eigenvalue weighted by Gasteiger charge is 2.07. The molecule has 2 aromatic rings. The molecule has 0 saturated heterocycles. The Morgan fingerprint density at radius 2 is 1.96 bits per heavy atom. The summed E-state index contributed by atoms with van der Waals surface area (Å²) in [6.07, 6.45) is 3.71. The molecule has 2 rings (SSSR count). The van der Waals surface area contributed by atoms with Crippen LogP contribution >= 0.6 is 23.5 Å². The van der Waals surface area contributed by atoms with Crippen LogP contribution in [0.25, 0.3) is 0 Å². The second kappa shape index (κ2) is 10.1. The molecule has 6 heteroatoms. The molecular weight excluding hydrogens is 326 g/mol. The fourth-order valence-electron chi connectivity index (χ4n) is 1.79. The van der Waals surface area contributed by atoms with Crippen LogP contribution in [-0.4, -0.2) is 34.6 Å². The van der Waals surface area contributed by atoms with Crippen LogP contribution in [0.15, 0.2) is 59.7 Å². The van der Waals surface area contributed by atoms with Gasteiger partial charge in [0.2, 0.25) is 0 Å². The first-order valence-electron chi connectivity index (χ1n) is 7.22. The molecule has 4 nitrogen and oxygen atoms in total. The average Bonchev–Trinajstić information content (AvgIpc) is 2.62. The molecule has 0 aliphatic rings. The van der Waals surface area contributed by atoms with Gasteiger partial charge in [-0.2, -0.15) is 11.8 Å². The van der Waals surface area contributed by atoms with E-state index in [-0.39, 0.29) is 5.91 Å². The van der Waals surface area contributed by atoms with Gasteiger partial charge < -0.3 is 5.32 Å². The lowest BCUT2D eigenvalue weighted by Crippen LogP contribution is -2.28. The van der Waals surface area contributed by atoms with E-state index in [0.29, 0.717) is 17.3 Å². The predicted octanol–water partition coefficient (Wildman–Crippen LogP) is 3.46. The number of aliphatic imine (C=N–C) groups is 1. The van der Waals surface area contributed by atoms with Crippen molar-refractivity contribution >= 4 is 34.6 Å². The maximum absolute atomic E-state index is 12.1. The molecule has 0 bridgehead atoms. The van der Waals surface area contributed by atoms with Crippen molar-refractivity contribution in [2.75, 3.05) is 18.6 Å². The Balaban J connectivity index is 1.74. The third-order valence-electron chi connectivity index (χ3n) is 2.92. The summed E-state index contributed by atoms with van der Waals surface area (Å²) in [5.41, 5.74) is 1.71. The number of hydrogen-bond acceptors (Lipinski definition) is 5. The van der Waals surface area contributed by atoms with E-state index in [4.69, 9.17) is 0 Å². The maximum Gasteiger partial charge on any atom is 0.257 e. The molecule has 0 spiro atoms. The van der Waals surface area contributed by atoms with E-state index in [1.807, 2.05) is 42.7 Å². The van der Waals surface area contributed by atoms with E-state index in [1.54, 1.807) is 30.1 Å². The Hall–Kier alpha value is -1.79. The zero-order valence-electron chi connectivity index (χ0n) is 12.9. The molecule has 0 saturated carbocycles. The number of thioether (sulfide) groups is 2. The fourth-order valence-corrected chi connectivity index (χ4v) is 2.95. The van der Waals surface area contributed by atoms with Gasteiger partial charge in [0, 0.05) is 23.3 Å². The van der Waals surface area contributed by atoms with E-state index in [2.05, 4.69) is 15.3 Å². The van der Waals surface area contributed by atoms with E-state index in [9.17, 15) is 4.79 Å². The molecular formula is C17H19N3OS2. The number of amidine groups is 1. The summed E-state index contributed by atoms with van der Waals surface area (Å²) in [4.78, 5) is 20.8. The maximum atomic E-state index is 12.1. The van der Waals surface area contributed by atoms with Gasteiger partial charge in [0.1, 0.15) is 0 Å². The summed E-state index contributed by atoms with van der Waals surface area (Å²) in [7, 11) is 0. The van der Waals surface area contributed by atoms with E-state index in [1.165, 1.54) is 11.8 Å². The lowest BCUT2D eigenvalue weighted by atomic mass is 10.2. The van der Waals surface area contributed by atoms with Gasteiger partial charge >= 0.3 is 0 Å². The average molecular weight is 345 g/mol. The minimum Gasteiger partial charge on any atom is -0.301 e. The largest absolute Gasteiger partial charge is 0.301 e. The van der Waals surface area contributed by atoms with Gasteiger partial charge in [-0.25, -0.2) is 0 Å². The predicted molar refractivity (Wildman–Crippen MR) is 100 cm³/mol. The number of amides is 1. The molecule has 1 aromatic heterocycles. The summed E-state index contributed by atoms with van der Waals surface area (Å²) >= 11 is 3.23. The first-order valence-corrected chi connectivity index (χ1v) is 9.60. The number of rotatable bonds is 6. The van der Waals surface area contributed by atoms with Crippen LogP contribution in [-0.2, 0) is 5.75 Å². The number of aromatic nitrogens is 1. The molecule has 23 heavy (non-hydrogen) atoms. The highest BCUT2D eigenvalue weighted by Crippen LogP contribution is 2.09. The van der Waals surface area contributed by atoms with Crippen molar-refractivity contribution < 1.29 is 4.79 Å². The van der Waals surface area contributed by atoms with Crippen LogP contribution in [0.4, 0.5) is 0 Å². The number of nitrogens with zero attached hydrogens (tertiary/aromatic N) is 2. The Labute approximate surface area is 145 Å². The molecule has 0 aliphatic carbocycles.